The van der Waals surface area contributed by atoms with Crippen molar-refractivity contribution in [2.75, 3.05) is 7.11 Å². The monoisotopic (exact) mass is 377 g/mol. The lowest BCUT2D eigenvalue weighted by Gasteiger charge is -2.17. The number of methoxy groups -OCH3 is 1. The summed E-state index contributed by atoms with van der Waals surface area (Å²) >= 11 is 3.49. The Morgan fingerprint density at radius 3 is 2.52 bits per heavy atom. The molecule has 0 aliphatic heterocycles. The SMILES string of the molecule is CCCC[C@H](NC(=O)c1ccc(Br)c2ccccc12)C(=O)OC. The van der Waals surface area contributed by atoms with E-state index in [4.69, 9.17) is 4.74 Å². The van der Waals surface area contributed by atoms with Gasteiger partial charge in [-0.05, 0) is 29.3 Å². The Morgan fingerprint density at radius 1 is 1.17 bits per heavy atom. The van der Waals surface area contributed by atoms with Crippen LogP contribution in [0.15, 0.2) is 40.9 Å². The van der Waals surface area contributed by atoms with E-state index in [0.29, 0.717) is 12.0 Å². The average molecular weight is 378 g/mol. The average Bonchev–Trinajstić information content (AvgIpc) is 2.58. The van der Waals surface area contributed by atoms with Crippen LogP contribution >= 0.6 is 15.9 Å². The van der Waals surface area contributed by atoms with Gasteiger partial charge in [0.05, 0.1) is 7.11 Å². The van der Waals surface area contributed by atoms with Crippen LogP contribution in [0.2, 0.25) is 0 Å². The molecule has 0 aliphatic rings. The fourth-order valence-electron chi connectivity index (χ4n) is 2.50. The van der Waals surface area contributed by atoms with Gasteiger partial charge < -0.3 is 10.1 Å². The smallest absolute Gasteiger partial charge is 0.328 e. The summed E-state index contributed by atoms with van der Waals surface area (Å²) in [7, 11) is 1.34. The molecule has 23 heavy (non-hydrogen) atoms. The summed E-state index contributed by atoms with van der Waals surface area (Å²) in [5.41, 5.74) is 0.550. The number of hydrogen-bond acceptors (Lipinski definition) is 3. The topological polar surface area (TPSA) is 55.4 Å². The Labute approximate surface area is 144 Å². The molecule has 0 heterocycles. The van der Waals surface area contributed by atoms with E-state index in [-0.39, 0.29) is 5.91 Å². The van der Waals surface area contributed by atoms with Crippen molar-refractivity contribution in [3.05, 3.63) is 46.4 Å². The van der Waals surface area contributed by atoms with Crippen molar-refractivity contribution in [1.29, 1.82) is 0 Å². The lowest BCUT2D eigenvalue weighted by molar-refractivity contribution is -0.143. The molecule has 1 amide bonds. The fourth-order valence-corrected chi connectivity index (χ4v) is 2.97. The molecule has 5 heteroatoms. The first-order valence-electron chi connectivity index (χ1n) is 7.64. The van der Waals surface area contributed by atoms with Crippen molar-refractivity contribution >= 4 is 38.6 Å². The molecule has 0 saturated carbocycles. The van der Waals surface area contributed by atoms with Crippen LogP contribution < -0.4 is 5.32 Å². The number of unbranched alkanes of at least 4 members (excludes halogenated alkanes) is 1. The molecule has 0 unspecified atom stereocenters. The van der Waals surface area contributed by atoms with Gasteiger partial charge in [0.15, 0.2) is 0 Å². The highest BCUT2D eigenvalue weighted by Crippen LogP contribution is 2.26. The molecule has 0 spiro atoms. The number of nitrogens with one attached hydrogen (secondary N) is 1. The highest BCUT2D eigenvalue weighted by molar-refractivity contribution is 9.10. The quantitative estimate of drug-likeness (QED) is 0.772. The van der Waals surface area contributed by atoms with Gasteiger partial charge in [-0.15, -0.1) is 0 Å². The zero-order chi connectivity index (χ0) is 16.8. The van der Waals surface area contributed by atoms with Crippen LogP contribution in [0, 0.1) is 0 Å². The van der Waals surface area contributed by atoms with Gasteiger partial charge in [0.25, 0.3) is 5.91 Å². The highest BCUT2D eigenvalue weighted by Gasteiger charge is 2.22. The second-order valence-electron chi connectivity index (χ2n) is 5.33. The van der Waals surface area contributed by atoms with Crippen molar-refractivity contribution < 1.29 is 14.3 Å². The number of amides is 1. The standard InChI is InChI=1S/C18H20BrNO3/c1-3-4-9-16(18(22)23-2)20-17(21)14-10-11-15(19)13-8-6-5-7-12(13)14/h5-8,10-11,16H,3-4,9H2,1-2H3,(H,20,21)/t16-/m0/s1. The number of ether oxygens (including phenoxy) is 1. The van der Waals surface area contributed by atoms with Gasteiger partial charge in [-0.1, -0.05) is 60.0 Å². The first kappa shape index (κ1) is 17.5. The third-order valence-electron chi connectivity index (χ3n) is 3.75. The predicted octanol–water partition coefficient (Wildman–Crippen LogP) is 4.06. The molecule has 122 valence electrons. The Balaban J connectivity index is 2.29. The van der Waals surface area contributed by atoms with Crippen LogP contribution in [-0.2, 0) is 9.53 Å². The van der Waals surface area contributed by atoms with Crippen LogP contribution in [0.1, 0.15) is 36.5 Å². The molecule has 1 atom stereocenters. The molecule has 2 aromatic carbocycles. The van der Waals surface area contributed by atoms with E-state index in [0.717, 1.165) is 28.1 Å². The largest absolute Gasteiger partial charge is 0.467 e. The van der Waals surface area contributed by atoms with Gasteiger partial charge in [0.2, 0.25) is 0 Å². The van der Waals surface area contributed by atoms with Gasteiger partial charge in [-0.25, -0.2) is 4.79 Å². The number of esters is 1. The Morgan fingerprint density at radius 2 is 1.87 bits per heavy atom. The Bertz CT molecular complexity index is 714. The molecule has 0 radical (unpaired) electrons. The molecular formula is C18H20BrNO3. The van der Waals surface area contributed by atoms with Crippen molar-refractivity contribution in [2.45, 2.75) is 32.2 Å². The molecular weight excluding hydrogens is 358 g/mol. The Hall–Kier alpha value is -1.88. The first-order valence-corrected chi connectivity index (χ1v) is 8.43. The normalized spacial score (nSPS) is 12.0. The zero-order valence-electron chi connectivity index (χ0n) is 13.3. The van der Waals surface area contributed by atoms with E-state index in [1.165, 1.54) is 7.11 Å². The van der Waals surface area contributed by atoms with Crippen LogP contribution in [0.4, 0.5) is 0 Å². The van der Waals surface area contributed by atoms with Crippen LogP contribution in [0.5, 0.6) is 0 Å². The number of benzene rings is 2. The van der Waals surface area contributed by atoms with Crippen LogP contribution in [0.3, 0.4) is 0 Å². The summed E-state index contributed by atoms with van der Waals surface area (Å²) in [6.45, 7) is 2.04. The summed E-state index contributed by atoms with van der Waals surface area (Å²) in [5, 5.41) is 4.61. The van der Waals surface area contributed by atoms with Gasteiger partial charge in [-0.2, -0.15) is 0 Å². The van der Waals surface area contributed by atoms with Gasteiger partial charge >= 0.3 is 5.97 Å². The number of rotatable bonds is 6. The van der Waals surface area contributed by atoms with Gasteiger partial charge in [-0.3, -0.25) is 4.79 Å². The number of carbonyl (C=O) groups is 2. The van der Waals surface area contributed by atoms with Crippen molar-refractivity contribution in [1.82, 2.24) is 5.32 Å². The number of carbonyl (C=O) groups excluding carboxylic acids is 2. The molecule has 0 saturated heterocycles. The lowest BCUT2D eigenvalue weighted by atomic mass is 10.0. The van der Waals surface area contributed by atoms with Gasteiger partial charge in [0.1, 0.15) is 6.04 Å². The van der Waals surface area contributed by atoms with Crippen molar-refractivity contribution in [3.8, 4) is 0 Å². The summed E-state index contributed by atoms with van der Waals surface area (Å²) in [6, 6.07) is 10.6. The predicted molar refractivity (Wildman–Crippen MR) is 94.4 cm³/mol. The lowest BCUT2D eigenvalue weighted by Crippen LogP contribution is -2.41. The van der Waals surface area contributed by atoms with E-state index in [2.05, 4.69) is 21.2 Å². The number of halogens is 1. The molecule has 2 aromatic rings. The molecule has 0 bridgehead atoms. The second-order valence-corrected chi connectivity index (χ2v) is 6.19. The maximum atomic E-state index is 12.6. The maximum absolute atomic E-state index is 12.6. The minimum Gasteiger partial charge on any atom is -0.467 e. The molecule has 0 aromatic heterocycles. The Kier molecular flexibility index (Phi) is 6.16. The molecule has 1 N–H and O–H groups in total. The van der Waals surface area contributed by atoms with E-state index in [1.54, 1.807) is 6.07 Å². The van der Waals surface area contributed by atoms with E-state index in [1.807, 2.05) is 37.3 Å². The summed E-state index contributed by atoms with van der Waals surface area (Å²) < 4.78 is 5.72. The number of hydrogen-bond donors (Lipinski definition) is 1. The summed E-state index contributed by atoms with van der Waals surface area (Å²) in [4.78, 5) is 24.5. The summed E-state index contributed by atoms with van der Waals surface area (Å²) in [5.74, 6) is -0.673. The summed E-state index contributed by atoms with van der Waals surface area (Å²) in [6.07, 6.45) is 2.37. The highest BCUT2D eigenvalue weighted by atomic mass is 79.9. The zero-order valence-corrected chi connectivity index (χ0v) is 14.9. The molecule has 0 fully saturated rings. The van der Waals surface area contributed by atoms with E-state index in [9.17, 15) is 9.59 Å². The second kappa shape index (κ2) is 8.11. The first-order chi connectivity index (χ1) is 11.1. The minimum absolute atomic E-state index is 0.264. The van der Waals surface area contributed by atoms with E-state index >= 15 is 0 Å². The molecule has 0 aliphatic carbocycles. The van der Waals surface area contributed by atoms with Crippen LogP contribution in [-0.4, -0.2) is 25.0 Å². The maximum Gasteiger partial charge on any atom is 0.328 e. The van der Waals surface area contributed by atoms with Gasteiger partial charge in [0, 0.05) is 10.0 Å². The minimum atomic E-state index is -0.616. The van der Waals surface area contributed by atoms with Crippen molar-refractivity contribution in [3.63, 3.8) is 0 Å². The third-order valence-corrected chi connectivity index (χ3v) is 4.44. The van der Waals surface area contributed by atoms with Crippen molar-refractivity contribution in [2.24, 2.45) is 0 Å². The fraction of sp³-hybridized carbons (Fsp3) is 0.333. The van der Waals surface area contributed by atoms with E-state index < -0.39 is 12.0 Å². The van der Waals surface area contributed by atoms with Crippen LogP contribution in [0.25, 0.3) is 10.8 Å². The number of fused-ring (bicyclic) bond motifs is 1. The molecule has 4 nitrogen and oxygen atoms in total. The third kappa shape index (κ3) is 4.10. The molecule has 2 rings (SSSR count).